The zero-order valence-corrected chi connectivity index (χ0v) is 19.6. The van der Waals surface area contributed by atoms with Gasteiger partial charge in [0.15, 0.2) is 0 Å². The first-order valence-electron chi connectivity index (χ1n) is 10.8. The summed E-state index contributed by atoms with van der Waals surface area (Å²) in [6.45, 7) is 7.28. The van der Waals surface area contributed by atoms with Gasteiger partial charge in [-0.2, -0.15) is 0 Å². The van der Waals surface area contributed by atoms with Gasteiger partial charge in [0.05, 0.1) is 11.1 Å². The van der Waals surface area contributed by atoms with Crippen LogP contribution in [0.4, 0.5) is 17.2 Å². The molecule has 1 aromatic heterocycles. The van der Waals surface area contributed by atoms with Crippen molar-refractivity contribution in [2.45, 2.75) is 31.7 Å². The van der Waals surface area contributed by atoms with Crippen molar-refractivity contribution in [3.05, 3.63) is 59.9 Å². The quantitative estimate of drug-likeness (QED) is 0.482. The van der Waals surface area contributed by atoms with E-state index in [2.05, 4.69) is 37.0 Å². The Kier molecular flexibility index (Phi) is 5.72. The number of amidine groups is 1. The van der Waals surface area contributed by atoms with Gasteiger partial charge in [0.2, 0.25) is 0 Å². The van der Waals surface area contributed by atoms with Crippen molar-refractivity contribution in [3.8, 4) is 5.75 Å². The van der Waals surface area contributed by atoms with Gasteiger partial charge >= 0.3 is 0 Å². The van der Waals surface area contributed by atoms with E-state index in [1.807, 2.05) is 62.7 Å². The molecule has 1 atom stereocenters. The molecule has 2 aromatic carbocycles. The molecule has 3 heterocycles. The summed E-state index contributed by atoms with van der Waals surface area (Å²) in [4.78, 5) is 13.4. The number of ether oxygens (including phenoxy) is 2. The van der Waals surface area contributed by atoms with Gasteiger partial charge in [-0.15, -0.1) is 11.8 Å². The number of fused-ring (bicyclic) bond motifs is 1. The van der Waals surface area contributed by atoms with Gasteiger partial charge in [0.1, 0.15) is 36.5 Å². The molecule has 170 valence electrons. The molecule has 9 heteroatoms. The molecular formula is C24H26N6O2S. The van der Waals surface area contributed by atoms with Gasteiger partial charge in [-0.3, -0.25) is 0 Å². The van der Waals surface area contributed by atoms with Crippen LogP contribution in [0, 0.1) is 6.92 Å². The average molecular weight is 463 g/mol. The number of nitrogens with one attached hydrogen (secondary N) is 3. The number of hydrogen-bond donors (Lipinski definition) is 3. The van der Waals surface area contributed by atoms with Crippen LogP contribution in [-0.2, 0) is 4.74 Å². The SMILES string of the molecule is Cc1cc(Nc2ncnc3ccc(NC4=NC(C)(C)CO4)cc23)ccc1OCC1NC=CS1. The molecule has 2 aliphatic heterocycles. The van der Waals surface area contributed by atoms with Gasteiger partial charge in [0.25, 0.3) is 6.02 Å². The molecule has 0 fully saturated rings. The third-order valence-corrected chi connectivity index (χ3v) is 6.17. The molecule has 33 heavy (non-hydrogen) atoms. The first kappa shape index (κ1) is 21.4. The van der Waals surface area contributed by atoms with E-state index in [0.29, 0.717) is 19.2 Å². The zero-order valence-electron chi connectivity index (χ0n) is 18.8. The number of aliphatic imine (C=N–C) groups is 1. The van der Waals surface area contributed by atoms with Crippen molar-refractivity contribution in [2.24, 2.45) is 4.99 Å². The smallest absolute Gasteiger partial charge is 0.289 e. The maximum atomic E-state index is 5.98. The number of aromatic nitrogens is 2. The minimum atomic E-state index is -0.216. The Labute approximate surface area is 196 Å². The Morgan fingerprint density at radius 1 is 1.15 bits per heavy atom. The maximum absolute atomic E-state index is 5.98. The number of benzene rings is 2. The highest BCUT2D eigenvalue weighted by molar-refractivity contribution is 8.02. The Hall–Kier alpha value is -3.46. The Morgan fingerprint density at radius 2 is 2.00 bits per heavy atom. The topological polar surface area (TPSA) is 92.7 Å². The molecule has 0 saturated heterocycles. The largest absolute Gasteiger partial charge is 0.490 e. The van der Waals surface area contributed by atoms with E-state index in [0.717, 1.165) is 39.4 Å². The number of rotatable bonds is 6. The van der Waals surface area contributed by atoms with E-state index in [4.69, 9.17) is 9.47 Å². The van der Waals surface area contributed by atoms with Crippen molar-refractivity contribution < 1.29 is 9.47 Å². The average Bonchev–Trinajstić information content (AvgIpc) is 3.43. The molecule has 0 aliphatic carbocycles. The van der Waals surface area contributed by atoms with Crippen molar-refractivity contribution in [2.75, 3.05) is 23.8 Å². The standard InChI is InChI=1S/C24H26N6O2S/c1-15-10-16(5-7-20(15)31-12-21-25-8-9-33-21)28-22-18-11-17(4-6-19(18)26-14-27-22)29-23-30-24(2,3)13-32-23/h4-11,14,21,25H,12-13H2,1-3H3,(H,29,30)(H,26,27,28). The third-order valence-electron chi connectivity index (χ3n) is 5.27. The fourth-order valence-corrected chi connectivity index (χ4v) is 4.26. The van der Waals surface area contributed by atoms with Crippen LogP contribution in [0.3, 0.4) is 0 Å². The molecule has 3 aromatic rings. The van der Waals surface area contributed by atoms with Crippen LogP contribution in [0.25, 0.3) is 10.9 Å². The van der Waals surface area contributed by atoms with Crippen LogP contribution in [-0.4, -0.2) is 40.1 Å². The summed E-state index contributed by atoms with van der Waals surface area (Å²) >= 11 is 1.72. The van der Waals surface area contributed by atoms with Crippen molar-refractivity contribution in [3.63, 3.8) is 0 Å². The minimum Gasteiger partial charge on any atom is -0.490 e. The summed E-state index contributed by atoms with van der Waals surface area (Å²) in [7, 11) is 0. The molecule has 3 N–H and O–H groups in total. The van der Waals surface area contributed by atoms with E-state index >= 15 is 0 Å². The van der Waals surface area contributed by atoms with Crippen molar-refractivity contribution >= 4 is 45.9 Å². The summed E-state index contributed by atoms with van der Waals surface area (Å²) in [5, 5.41) is 13.1. The second-order valence-corrected chi connectivity index (χ2v) is 9.72. The lowest BCUT2D eigenvalue weighted by atomic mass is 10.1. The summed E-state index contributed by atoms with van der Waals surface area (Å²) in [5.74, 6) is 1.60. The molecule has 2 aliphatic rings. The highest BCUT2D eigenvalue weighted by atomic mass is 32.2. The van der Waals surface area contributed by atoms with Gasteiger partial charge in [-0.25, -0.2) is 15.0 Å². The van der Waals surface area contributed by atoms with Gasteiger partial charge in [0, 0.05) is 23.0 Å². The molecule has 0 radical (unpaired) electrons. The van der Waals surface area contributed by atoms with Crippen molar-refractivity contribution in [1.29, 1.82) is 0 Å². The van der Waals surface area contributed by atoms with Crippen LogP contribution in [0.15, 0.2) is 59.3 Å². The van der Waals surface area contributed by atoms with Crippen LogP contribution in [0.1, 0.15) is 19.4 Å². The summed E-state index contributed by atoms with van der Waals surface area (Å²) in [5.41, 5.74) is 3.48. The van der Waals surface area contributed by atoms with Gasteiger partial charge in [-0.05, 0) is 68.1 Å². The normalized spacial score (nSPS) is 18.5. The number of hydrogen-bond acceptors (Lipinski definition) is 9. The molecule has 8 nitrogen and oxygen atoms in total. The molecule has 5 rings (SSSR count). The lowest BCUT2D eigenvalue weighted by molar-refractivity contribution is 0.278. The predicted molar refractivity (Wildman–Crippen MR) is 134 cm³/mol. The Bertz CT molecular complexity index is 1230. The van der Waals surface area contributed by atoms with Crippen LogP contribution >= 0.6 is 11.8 Å². The van der Waals surface area contributed by atoms with Crippen LogP contribution in [0.2, 0.25) is 0 Å². The lowest BCUT2D eigenvalue weighted by Gasteiger charge is -2.15. The molecular weight excluding hydrogens is 436 g/mol. The van der Waals surface area contributed by atoms with E-state index in [-0.39, 0.29) is 10.9 Å². The highest BCUT2D eigenvalue weighted by Gasteiger charge is 2.26. The lowest BCUT2D eigenvalue weighted by Crippen LogP contribution is -2.24. The zero-order chi connectivity index (χ0) is 22.8. The fourth-order valence-electron chi connectivity index (χ4n) is 3.60. The van der Waals surface area contributed by atoms with E-state index in [1.165, 1.54) is 0 Å². The molecule has 0 saturated carbocycles. The number of thioether (sulfide) groups is 1. The molecule has 0 bridgehead atoms. The predicted octanol–water partition coefficient (Wildman–Crippen LogP) is 4.77. The fraction of sp³-hybridized carbons (Fsp3) is 0.292. The summed E-state index contributed by atoms with van der Waals surface area (Å²) in [6, 6.07) is 12.5. The number of nitrogens with zero attached hydrogens (tertiary/aromatic N) is 3. The second-order valence-electron chi connectivity index (χ2n) is 8.61. The molecule has 0 spiro atoms. The van der Waals surface area contributed by atoms with Gasteiger partial charge in [-0.1, -0.05) is 0 Å². The Balaban J connectivity index is 1.33. The third kappa shape index (κ3) is 4.98. The highest BCUT2D eigenvalue weighted by Crippen LogP contribution is 2.29. The van der Waals surface area contributed by atoms with E-state index in [9.17, 15) is 0 Å². The number of aryl methyl sites for hydroxylation is 1. The first-order valence-corrected chi connectivity index (χ1v) is 11.7. The van der Waals surface area contributed by atoms with E-state index < -0.39 is 0 Å². The van der Waals surface area contributed by atoms with Gasteiger partial charge < -0.3 is 25.4 Å². The summed E-state index contributed by atoms with van der Waals surface area (Å²) in [6.07, 6.45) is 3.51. The van der Waals surface area contributed by atoms with E-state index in [1.54, 1.807) is 18.1 Å². The van der Waals surface area contributed by atoms with Crippen LogP contribution < -0.4 is 20.7 Å². The maximum Gasteiger partial charge on any atom is 0.289 e. The van der Waals surface area contributed by atoms with Crippen LogP contribution in [0.5, 0.6) is 5.75 Å². The Morgan fingerprint density at radius 3 is 2.76 bits per heavy atom. The molecule has 1 unspecified atom stereocenters. The minimum absolute atomic E-state index is 0.216. The molecule has 0 amide bonds. The monoisotopic (exact) mass is 462 g/mol. The number of anilines is 3. The first-order chi connectivity index (χ1) is 15.9. The second kappa shape index (κ2) is 8.82. The van der Waals surface area contributed by atoms with Crippen molar-refractivity contribution in [1.82, 2.24) is 15.3 Å². The summed E-state index contributed by atoms with van der Waals surface area (Å²) < 4.78 is 11.6.